The van der Waals surface area contributed by atoms with E-state index < -0.39 is 5.60 Å². The number of halogens is 2. The summed E-state index contributed by atoms with van der Waals surface area (Å²) in [5, 5.41) is 10.4. The summed E-state index contributed by atoms with van der Waals surface area (Å²) in [7, 11) is 0. The van der Waals surface area contributed by atoms with Gasteiger partial charge in [0.1, 0.15) is 5.82 Å². The average Bonchev–Trinajstić information content (AvgIpc) is 2.46. The molecule has 106 valence electrons. The van der Waals surface area contributed by atoms with Crippen LogP contribution >= 0.6 is 11.6 Å². The zero-order valence-electron chi connectivity index (χ0n) is 11.4. The van der Waals surface area contributed by atoms with Crippen molar-refractivity contribution in [1.29, 1.82) is 0 Å². The van der Waals surface area contributed by atoms with E-state index in [0.29, 0.717) is 17.9 Å². The smallest absolute Gasteiger partial charge is 0.131 e. The van der Waals surface area contributed by atoms with Crippen molar-refractivity contribution < 1.29 is 9.50 Å². The van der Waals surface area contributed by atoms with Crippen LogP contribution in [0.4, 0.5) is 4.39 Å². The van der Waals surface area contributed by atoms with Gasteiger partial charge in [0.25, 0.3) is 0 Å². The molecular formula is C17H18ClFO. The van der Waals surface area contributed by atoms with Gasteiger partial charge >= 0.3 is 0 Å². The molecule has 0 radical (unpaired) electrons. The Labute approximate surface area is 124 Å². The van der Waals surface area contributed by atoms with E-state index in [1.807, 2.05) is 30.3 Å². The van der Waals surface area contributed by atoms with E-state index in [4.69, 9.17) is 11.6 Å². The van der Waals surface area contributed by atoms with Gasteiger partial charge in [0.05, 0.1) is 5.60 Å². The molecule has 0 saturated carbocycles. The van der Waals surface area contributed by atoms with Crippen LogP contribution in [0.1, 0.15) is 25.3 Å². The van der Waals surface area contributed by atoms with Crippen molar-refractivity contribution in [2.75, 3.05) is 5.88 Å². The largest absolute Gasteiger partial charge is 0.385 e. The van der Waals surface area contributed by atoms with Crippen LogP contribution in [0.15, 0.2) is 48.5 Å². The molecule has 0 aliphatic rings. The standard InChI is InChI=1S/C17H18ClFO/c1-17(20,11-4-12-18)14-9-7-13(8-10-14)15-5-2-3-6-16(15)19/h2-3,5-10,20H,4,11-12H2,1H3. The average molecular weight is 293 g/mol. The molecule has 0 aliphatic heterocycles. The highest BCUT2D eigenvalue weighted by Crippen LogP contribution is 2.29. The predicted octanol–water partition coefficient (Wildman–Crippen LogP) is 4.72. The summed E-state index contributed by atoms with van der Waals surface area (Å²) < 4.78 is 13.7. The minimum atomic E-state index is -0.900. The van der Waals surface area contributed by atoms with E-state index in [2.05, 4.69) is 0 Å². The van der Waals surface area contributed by atoms with Gasteiger partial charge < -0.3 is 5.11 Å². The maximum Gasteiger partial charge on any atom is 0.131 e. The van der Waals surface area contributed by atoms with Crippen LogP contribution < -0.4 is 0 Å². The van der Waals surface area contributed by atoms with Crippen molar-refractivity contribution in [3.8, 4) is 11.1 Å². The highest BCUT2D eigenvalue weighted by Gasteiger charge is 2.22. The van der Waals surface area contributed by atoms with Crippen LogP contribution in [0.2, 0.25) is 0 Å². The first-order valence-electron chi connectivity index (χ1n) is 6.68. The van der Waals surface area contributed by atoms with Gasteiger partial charge in [-0.25, -0.2) is 4.39 Å². The van der Waals surface area contributed by atoms with Crippen LogP contribution in [-0.4, -0.2) is 11.0 Å². The summed E-state index contributed by atoms with van der Waals surface area (Å²) in [5.74, 6) is 0.290. The second-order valence-electron chi connectivity index (χ2n) is 5.12. The fourth-order valence-corrected chi connectivity index (χ4v) is 2.39. The lowest BCUT2D eigenvalue weighted by Crippen LogP contribution is -2.21. The topological polar surface area (TPSA) is 20.2 Å². The van der Waals surface area contributed by atoms with Crippen molar-refractivity contribution >= 4 is 11.6 Å². The molecule has 1 unspecified atom stereocenters. The van der Waals surface area contributed by atoms with Crippen LogP contribution in [0, 0.1) is 5.82 Å². The highest BCUT2D eigenvalue weighted by molar-refractivity contribution is 6.17. The van der Waals surface area contributed by atoms with Gasteiger partial charge in [0.15, 0.2) is 0 Å². The van der Waals surface area contributed by atoms with Gasteiger partial charge in [0.2, 0.25) is 0 Å². The SMILES string of the molecule is CC(O)(CCCCl)c1ccc(-c2ccccc2F)cc1. The summed E-state index contributed by atoms with van der Waals surface area (Å²) in [6.07, 6.45) is 1.36. The van der Waals surface area contributed by atoms with Gasteiger partial charge in [-0.2, -0.15) is 0 Å². The first-order valence-corrected chi connectivity index (χ1v) is 7.22. The second kappa shape index (κ2) is 6.38. The summed E-state index contributed by atoms with van der Waals surface area (Å²) >= 11 is 5.66. The normalized spacial score (nSPS) is 14.0. The third-order valence-electron chi connectivity index (χ3n) is 3.49. The third kappa shape index (κ3) is 3.38. The van der Waals surface area contributed by atoms with Gasteiger partial charge in [-0.1, -0.05) is 42.5 Å². The van der Waals surface area contributed by atoms with Crippen LogP contribution in [0.3, 0.4) is 0 Å². The van der Waals surface area contributed by atoms with Crippen molar-refractivity contribution in [3.63, 3.8) is 0 Å². The fourth-order valence-electron chi connectivity index (χ4n) is 2.26. The molecule has 0 saturated heterocycles. The fraction of sp³-hybridized carbons (Fsp3) is 0.294. The summed E-state index contributed by atoms with van der Waals surface area (Å²) in [5.41, 5.74) is 1.30. The number of rotatable bonds is 5. The minimum absolute atomic E-state index is 0.242. The summed E-state index contributed by atoms with van der Waals surface area (Å²) in [6.45, 7) is 1.78. The van der Waals surface area contributed by atoms with Gasteiger partial charge in [-0.3, -0.25) is 0 Å². The molecule has 2 rings (SSSR count). The maximum absolute atomic E-state index is 13.7. The molecule has 3 heteroatoms. The molecule has 2 aromatic carbocycles. The molecule has 1 nitrogen and oxygen atoms in total. The van der Waals surface area contributed by atoms with E-state index in [9.17, 15) is 9.50 Å². The molecule has 20 heavy (non-hydrogen) atoms. The van der Waals surface area contributed by atoms with Crippen molar-refractivity contribution in [2.45, 2.75) is 25.4 Å². The van der Waals surface area contributed by atoms with Crippen LogP contribution in [0.5, 0.6) is 0 Å². The lowest BCUT2D eigenvalue weighted by Gasteiger charge is -2.23. The van der Waals surface area contributed by atoms with Gasteiger partial charge in [-0.05, 0) is 37.0 Å². The van der Waals surface area contributed by atoms with Gasteiger partial charge in [-0.15, -0.1) is 11.6 Å². The first kappa shape index (κ1) is 15.0. The first-order chi connectivity index (χ1) is 9.54. The Morgan fingerprint density at radius 3 is 2.35 bits per heavy atom. The monoisotopic (exact) mass is 292 g/mol. The molecule has 0 fully saturated rings. The Hall–Kier alpha value is -1.38. The Bertz CT molecular complexity index is 563. The number of alkyl halides is 1. The molecular weight excluding hydrogens is 275 g/mol. The Balaban J connectivity index is 2.24. The lowest BCUT2D eigenvalue weighted by atomic mass is 9.90. The Kier molecular flexibility index (Phi) is 4.79. The van der Waals surface area contributed by atoms with Crippen LogP contribution in [0.25, 0.3) is 11.1 Å². The number of aliphatic hydroxyl groups is 1. The molecule has 1 N–H and O–H groups in total. The second-order valence-corrected chi connectivity index (χ2v) is 5.50. The molecule has 0 spiro atoms. The lowest BCUT2D eigenvalue weighted by molar-refractivity contribution is 0.0472. The quantitative estimate of drug-likeness (QED) is 0.791. The number of hydrogen-bond donors (Lipinski definition) is 1. The third-order valence-corrected chi connectivity index (χ3v) is 3.76. The molecule has 0 bridgehead atoms. The molecule has 0 aliphatic carbocycles. The zero-order chi connectivity index (χ0) is 14.6. The highest BCUT2D eigenvalue weighted by atomic mass is 35.5. The zero-order valence-corrected chi connectivity index (χ0v) is 12.2. The Morgan fingerprint density at radius 1 is 1.10 bits per heavy atom. The predicted molar refractivity (Wildman–Crippen MR) is 81.4 cm³/mol. The molecule has 0 amide bonds. The molecule has 0 aromatic heterocycles. The summed E-state index contributed by atoms with van der Waals surface area (Å²) in [6, 6.07) is 14.0. The van der Waals surface area contributed by atoms with Gasteiger partial charge in [0, 0.05) is 11.4 Å². The van der Waals surface area contributed by atoms with E-state index in [1.54, 1.807) is 19.1 Å². The van der Waals surface area contributed by atoms with E-state index in [0.717, 1.165) is 17.5 Å². The van der Waals surface area contributed by atoms with Crippen LogP contribution in [-0.2, 0) is 5.60 Å². The van der Waals surface area contributed by atoms with E-state index in [-0.39, 0.29) is 5.82 Å². The number of benzene rings is 2. The molecule has 2 aromatic rings. The Morgan fingerprint density at radius 2 is 1.75 bits per heavy atom. The number of hydrogen-bond acceptors (Lipinski definition) is 1. The van der Waals surface area contributed by atoms with Crippen molar-refractivity contribution in [1.82, 2.24) is 0 Å². The maximum atomic E-state index is 13.7. The van der Waals surface area contributed by atoms with Crippen molar-refractivity contribution in [2.24, 2.45) is 0 Å². The van der Waals surface area contributed by atoms with E-state index >= 15 is 0 Å². The van der Waals surface area contributed by atoms with Crippen molar-refractivity contribution in [3.05, 3.63) is 59.9 Å². The summed E-state index contributed by atoms with van der Waals surface area (Å²) in [4.78, 5) is 0. The van der Waals surface area contributed by atoms with E-state index in [1.165, 1.54) is 6.07 Å². The molecule has 0 heterocycles. The molecule has 1 atom stereocenters. The minimum Gasteiger partial charge on any atom is -0.385 e.